The van der Waals surface area contributed by atoms with Crippen LogP contribution in [0, 0.1) is 5.92 Å². The molecule has 0 aromatic rings. The quantitative estimate of drug-likeness (QED) is 0.406. The molecule has 0 radical (unpaired) electrons. The number of aliphatic imine (C=N–C) groups is 1. The van der Waals surface area contributed by atoms with Crippen LogP contribution in [0.15, 0.2) is 28.9 Å². The SMILES string of the molecule is C=N/C=C\C(=C/C)C(=O)NCCC(C)C. The fourth-order valence-corrected chi connectivity index (χ4v) is 1.01. The highest BCUT2D eigenvalue weighted by Gasteiger charge is 2.04. The van der Waals surface area contributed by atoms with Crippen molar-refractivity contribution in [3.05, 3.63) is 23.9 Å². The second-order valence-electron chi connectivity index (χ2n) is 3.68. The monoisotopic (exact) mass is 208 g/mol. The van der Waals surface area contributed by atoms with E-state index in [1.54, 1.807) is 12.2 Å². The van der Waals surface area contributed by atoms with Gasteiger partial charge in [0.2, 0.25) is 0 Å². The van der Waals surface area contributed by atoms with Crippen molar-refractivity contribution in [2.45, 2.75) is 27.2 Å². The van der Waals surface area contributed by atoms with Gasteiger partial charge >= 0.3 is 0 Å². The van der Waals surface area contributed by atoms with E-state index in [1.807, 2.05) is 6.92 Å². The molecule has 0 atom stereocenters. The molecule has 1 amide bonds. The van der Waals surface area contributed by atoms with Crippen LogP contribution in [0.3, 0.4) is 0 Å². The van der Waals surface area contributed by atoms with E-state index in [9.17, 15) is 4.79 Å². The van der Waals surface area contributed by atoms with E-state index >= 15 is 0 Å². The average Bonchev–Trinajstić information content (AvgIpc) is 2.18. The Balaban J connectivity index is 4.06. The van der Waals surface area contributed by atoms with Gasteiger partial charge in [0.1, 0.15) is 0 Å². The van der Waals surface area contributed by atoms with Gasteiger partial charge in [0.15, 0.2) is 0 Å². The van der Waals surface area contributed by atoms with Gasteiger partial charge in [0, 0.05) is 18.3 Å². The van der Waals surface area contributed by atoms with Crippen LogP contribution >= 0.6 is 0 Å². The number of amides is 1. The summed E-state index contributed by atoms with van der Waals surface area (Å²) in [6.45, 7) is 10.1. The third-order valence-corrected chi connectivity index (χ3v) is 1.94. The third kappa shape index (κ3) is 6.66. The molecule has 84 valence electrons. The Labute approximate surface area is 92.0 Å². The van der Waals surface area contributed by atoms with Crippen LogP contribution in [0.2, 0.25) is 0 Å². The van der Waals surface area contributed by atoms with Crippen molar-refractivity contribution < 1.29 is 4.79 Å². The smallest absolute Gasteiger partial charge is 0.250 e. The van der Waals surface area contributed by atoms with Crippen molar-refractivity contribution in [3.63, 3.8) is 0 Å². The van der Waals surface area contributed by atoms with Gasteiger partial charge in [-0.2, -0.15) is 0 Å². The van der Waals surface area contributed by atoms with Crippen LogP contribution in [-0.2, 0) is 4.79 Å². The number of carbonyl (C=O) groups is 1. The van der Waals surface area contributed by atoms with E-state index in [-0.39, 0.29) is 5.91 Å². The van der Waals surface area contributed by atoms with Gasteiger partial charge in [-0.1, -0.05) is 19.9 Å². The van der Waals surface area contributed by atoms with Crippen LogP contribution in [0.25, 0.3) is 0 Å². The molecule has 0 fully saturated rings. The number of carbonyl (C=O) groups excluding carboxylic acids is 1. The molecule has 0 rings (SSSR count). The second kappa shape index (κ2) is 7.97. The topological polar surface area (TPSA) is 41.5 Å². The summed E-state index contributed by atoms with van der Waals surface area (Å²) in [6, 6.07) is 0. The highest BCUT2D eigenvalue weighted by Crippen LogP contribution is 2.00. The van der Waals surface area contributed by atoms with E-state index in [0.717, 1.165) is 6.42 Å². The molecule has 0 aromatic carbocycles. The zero-order valence-corrected chi connectivity index (χ0v) is 9.79. The molecule has 0 saturated heterocycles. The fraction of sp³-hybridized carbons (Fsp3) is 0.500. The summed E-state index contributed by atoms with van der Waals surface area (Å²) in [6.07, 6.45) is 5.91. The summed E-state index contributed by atoms with van der Waals surface area (Å²) in [5.41, 5.74) is 0.617. The summed E-state index contributed by atoms with van der Waals surface area (Å²) >= 11 is 0. The number of nitrogens with zero attached hydrogens (tertiary/aromatic N) is 1. The Kier molecular flexibility index (Phi) is 7.24. The van der Waals surface area contributed by atoms with Crippen LogP contribution < -0.4 is 5.32 Å². The molecular formula is C12H20N2O. The summed E-state index contributed by atoms with van der Waals surface area (Å²) in [5, 5.41) is 2.85. The maximum atomic E-state index is 11.6. The van der Waals surface area contributed by atoms with Gasteiger partial charge in [0.05, 0.1) is 0 Å². The lowest BCUT2D eigenvalue weighted by molar-refractivity contribution is -0.117. The summed E-state index contributed by atoms with van der Waals surface area (Å²) in [7, 11) is 0. The van der Waals surface area contributed by atoms with E-state index in [2.05, 4.69) is 30.9 Å². The highest BCUT2D eigenvalue weighted by molar-refractivity contribution is 5.96. The van der Waals surface area contributed by atoms with Crippen LogP contribution in [0.4, 0.5) is 0 Å². The Morgan fingerprint density at radius 1 is 1.53 bits per heavy atom. The van der Waals surface area contributed by atoms with Gasteiger partial charge in [-0.15, -0.1) is 0 Å². The van der Waals surface area contributed by atoms with Crippen LogP contribution in [-0.4, -0.2) is 19.2 Å². The van der Waals surface area contributed by atoms with Gasteiger partial charge in [0.25, 0.3) is 5.91 Å². The maximum absolute atomic E-state index is 11.6. The lowest BCUT2D eigenvalue weighted by Gasteiger charge is -2.07. The number of nitrogens with one attached hydrogen (secondary N) is 1. The van der Waals surface area contributed by atoms with Crippen molar-refractivity contribution in [3.8, 4) is 0 Å². The Morgan fingerprint density at radius 2 is 2.20 bits per heavy atom. The number of hydrogen-bond acceptors (Lipinski definition) is 2. The molecule has 3 nitrogen and oxygen atoms in total. The Hall–Kier alpha value is -1.38. The van der Waals surface area contributed by atoms with Gasteiger partial charge in [-0.3, -0.25) is 9.79 Å². The summed E-state index contributed by atoms with van der Waals surface area (Å²) in [4.78, 5) is 15.1. The molecule has 3 heteroatoms. The Morgan fingerprint density at radius 3 is 2.67 bits per heavy atom. The van der Waals surface area contributed by atoms with Gasteiger partial charge in [-0.05, 0) is 32.1 Å². The van der Waals surface area contributed by atoms with Crippen molar-refractivity contribution in [2.75, 3.05) is 6.54 Å². The van der Waals surface area contributed by atoms with Crippen LogP contribution in [0.5, 0.6) is 0 Å². The van der Waals surface area contributed by atoms with Crippen LogP contribution in [0.1, 0.15) is 27.2 Å². The molecule has 0 aromatic heterocycles. The summed E-state index contributed by atoms with van der Waals surface area (Å²) < 4.78 is 0. The van der Waals surface area contributed by atoms with E-state index in [4.69, 9.17) is 0 Å². The van der Waals surface area contributed by atoms with Gasteiger partial charge < -0.3 is 5.32 Å². The molecule has 0 spiro atoms. The average molecular weight is 208 g/mol. The first kappa shape index (κ1) is 13.6. The third-order valence-electron chi connectivity index (χ3n) is 1.94. The zero-order chi connectivity index (χ0) is 11.7. The minimum atomic E-state index is -0.0574. The first-order chi connectivity index (χ1) is 7.11. The highest BCUT2D eigenvalue weighted by atomic mass is 16.1. The molecule has 0 saturated carbocycles. The molecular weight excluding hydrogens is 188 g/mol. The standard InChI is InChI=1S/C12H20N2O/c1-5-11(7-8-13-4)12(15)14-9-6-10(2)3/h5,7-8,10H,4,6,9H2,1-3H3,(H,14,15)/b8-7-,11-5+. The molecule has 0 bridgehead atoms. The first-order valence-electron chi connectivity index (χ1n) is 5.18. The zero-order valence-electron chi connectivity index (χ0n) is 9.79. The molecule has 1 N–H and O–H groups in total. The number of allylic oxidation sites excluding steroid dienone is 1. The number of hydrogen-bond donors (Lipinski definition) is 1. The van der Waals surface area contributed by atoms with Crippen molar-refractivity contribution in [1.29, 1.82) is 0 Å². The molecule has 15 heavy (non-hydrogen) atoms. The molecule has 0 heterocycles. The largest absolute Gasteiger partial charge is 0.352 e. The minimum Gasteiger partial charge on any atom is -0.352 e. The first-order valence-corrected chi connectivity index (χ1v) is 5.18. The fourth-order valence-electron chi connectivity index (χ4n) is 1.01. The molecule has 0 aliphatic carbocycles. The lowest BCUT2D eigenvalue weighted by Crippen LogP contribution is -2.26. The maximum Gasteiger partial charge on any atom is 0.250 e. The van der Waals surface area contributed by atoms with Gasteiger partial charge in [-0.25, -0.2) is 0 Å². The predicted octanol–water partition coefficient (Wildman–Crippen LogP) is 2.31. The number of rotatable bonds is 6. The molecule has 0 aliphatic rings. The minimum absolute atomic E-state index is 0.0574. The second-order valence-corrected chi connectivity index (χ2v) is 3.68. The van der Waals surface area contributed by atoms with Crippen molar-refractivity contribution in [2.24, 2.45) is 10.9 Å². The van der Waals surface area contributed by atoms with Crippen molar-refractivity contribution in [1.82, 2.24) is 5.32 Å². The molecule has 0 unspecified atom stereocenters. The molecule has 0 aliphatic heterocycles. The van der Waals surface area contributed by atoms with Crippen molar-refractivity contribution >= 4 is 12.6 Å². The van der Waals surface area contributed by atoms with E-state index in [0.29, 0.717) is 18.0 Å². The van der Waals surface area contributed by atoms with E-state index in [1.165, 1.54) is 6.20 Å². The van der Waals surface area contributed by atoms with E-state index < -0.39 is 0 Å². The predicted molar refractivity (Wildman–Crippen MR) is 64.9 cm³/mol. The summed E-state index contributed by atoms with van der Waals surface area (Å²) in [5.74, 6) is 0.544. The Bertz CT molecular complexity index is 265. The normalized spacial score (nSPS) is 12.1. The lowest BCUT2D eigenvalue weighted by atomic mass is 10.1.